The maximum absolute atomic E-state index is 10.4. The van der Waals surface area contributed by atoms with Crippen molar-refractivity contribution in [3.05, 3.63) is 42.5 Å². The monoisotopic (exact) mass is 494 g/mol. The fraction of sp³-hybridized carbons (Fsp3) is 0. The van der Waals surface area contributed by atoms with Crippen LogP contribution in [0, 0.1) is 30.3 Å². The summed E-state index contributed by atoms with van der Waals surface area (Å²) in [5.41, 5.74) is -3.00. The van der Waals surface area contributed by atoms with Crippen molar-refractivity contribution >= 4 is 35.9 Å². The summed E-state index contributed by atoms with van der Waals surface area (Å²) in [6.07, 6.45) is 0. The number of aromatic hydroxyl groups is 1. The molecule has 0 fully saturated rings. The van der Waals surface area contributed by atoms with Crippen molar-refractivity contribution in [3.63, 3.8) is 0 Å². The molecule has 0 atom stereocenters. The average molecular weight is 495 g/mol. The zero-order chi connectivity index (χ0) is 15.2. The Labute approximate surface area is 120 Å². The Morgan fingerprint density at radius 3 is 1.47 bits per heavy atom. The molecular weight excluding hydrogens is 492 g/mol. The van der Waals surface area contributed by atoms with Crippen LogP contribution in [0.5, 0.6) is 5.75 Å². The van der Waals surface area contributed by atoms with E-state index in [0.29, 0.717) is 12.1 Å². The van der Waals surface area contributed by atoms with Crippen LogP contribution in [0.3, 0.4) is 0 Å². The first kappa shape index (κ1) is 17.5. The van der Waals surface area contributed by atoms with Gasteiger partial charge in [0.15, 0.2) is 0 Å². The quantitative estimate of drug-likeness (QED) is 0.500. The van der Waals surface area contributed by atoms with Gasteiger partial charge in [-0.15, -0.1) is 0 Å². The van der Waals surface area contributed by atoms with Gasteiger partial charge in [0.25, 0.3) is 11.4 Å². The molecule has 1 aromatic carbocycles. The van der Waals surface area contributed by atoms with Crippen LogP contribution in [0.15, 0.2) is 12.1 Å². The second kappa shape index (κ2) is 7.82. The van der Waals surface area contributed by atoms with E-state index in [1.54, 1.807) is 0 Å². The van der Waals surface area contributed by atoms with Gasteiger partial charge < -0.3 is 5.11 Å². The van der Waals surface area contributed by atoms with Gasteiger partial charge in [0.1, 0.15) is 0 Å². The van der Waals surface area contributed by atoms with Gasteiger partial charge in [0, 0.05) is 0 Å². The minimum atomic E-state index is -1.21. The summed E-state index contributed by atoms with van der Waals surface area (Å²) in [6.45, 7) is 0. The molecule has 0 bridgehead atoms. The molecule has 0 heterocycles. The van der Waals surface area contributed by atoms with E-state index in [1.807, 2.05) is 0 Å². The Morgan fingerprint density at radius 2 is 1.26 bits per heavy atom. The Balaban J connectivity index is 0.000000982. The predicted octanol–water partition coefficient (Wildman–Crippen LogP) is 2.49. The first-order chi connectivity index (χ1) is 8.76. The molecule has 0 amide bonds. The van der Waals surface area contributed by atoms with Gasteiger partial charge in [0.05, 0.1) is 26.9 Å². The number of non-ortho nitro benzene ring substituents is 1. The van der Waals surface area contributed by atoms with E-state index in [2.05, 4.69) is 0 Å². The van der Waals surface area contributed by atoms with Crippen LogP contribution in [-0.4, -0.2) is 19.9 Å². The van der Waals surface area contributed by atoms with Gasteiger partial charge in [-0.05, 0) is 0 Å². The van der Waals surface area contributed by atoms with Gasteiger partial charge in [-0.2, -0.15) is 0 Å². The number of benzene rings is 1. The van der Waals surface area contributed by atoms with E-state index in [0.717, 1.165) is 0 Å². The average Bonchev–Trinajstić information content (AvgIpc) is 2.29. The molecule has 10 nitrogen and oxygen atoms in total. The van der Waals surface area contributed by atoms with Gasteiger partial charge in [-0.25, -0.2) is 0 Å². The molecule has 13 heteroatoms. The molecule has 0 radical (unpaired) electrons. The van der Waals surface area contributed by atoms with Gasteiger partial charge in [-0.3, -0.25) is 30.3 Å². The summed E-state index contributed by atoms with van der Waals surface area (Å²) in [6, 6.07) is 0.894. The van der Waals surface area contributed by atoms with Crippen LogP contribution < -0.4 is 0 Å². The molecular formula is C6H3Cl2N3O7Pt. The molecule has 0 saturated carbocycles. The number of nitrogens with zero attached hydrogens (tertiary/aromatic N) is 3. The summed E-state index contributed by atoms with van der Waals surface area (Å²) >= 11 is -0.472. The van der Waals surface area contributed by atoms with Crippen LogP contribution in [-0.2, 0) is 16.5 Å². The Bertz CT molecular complexity index is 491. The molecule has 0 aliphatic rings. The van der Waals surface area contributed by atoms with Crippen molar-refractivity contribution < 1.29 is 36.4 Å². The van der Waals surface area contributed by atoms with E-state index in [4.69, 9.17) is 23.9 Å². The molecule has 0 aliphatic carbocycles. The first-order valence-corrected chi connectivity index (χ1v) is 9.51. The van der Waals surface area contributed by atoms with Crippen LogP contribution in [0.4, 0.5) is 17.1 Å². The summed E-state index contributed by atoms with van der Waals surface area (Å²) < 4.78 is 0. The molecule has 0 unspecified atom stereocenters. The molecule has 1 rings (SSSR count). The third-order valence-corrected chi connectivity index (χ3v) is 1.66. The molecule has 108 valence electrons. The summed E-state index contributed by atoms with van der Waals surface area (Å²) in [5.74, 6) is -1.21. The summed E-state index contributed by atoms with van der Waals surface area (Å²) in [4.78, 5) is 27.8. The molecule has 0 aliphatic heterocycles. The van der Waals surface area contributed by atoms with Crippen molar-refractivity contribution in [2.45, 2.75) is 0 Å². The van der Waals surface area contributed by atoms with E-state index in [9.17, 15) is 30.3 Å². The van der Waals surface area contributed by atoms with E-state index in [1.165, 1.54) is 0 Å². The van der Waals surface area contributed by atoms with Gasteiger partial charge in [0.2, 0.25) is 0 Å². The summed E-state index contributed by atoms with van der Waals surface area (Å²) in [7, 11) is 9.75. The van der Waals surface area contributed by atoms with Crippen LogP contribution in [0.25, 0.3) is 0 Å². The van der Waals surface area contributed by atoms with Crippen molar-refractivity contribution in [1.29, 1.82) is 0 Å². The van der Waals surface area contributed by atoms with Gasteiger partial charge >= 0.3 is 46.7 Å². The fourth-order valence-corrected chi connectivity index (χ4v) is 0.974. The van der Waals surface area contributed by atoms with E-state index < -0.39 is 54.1 Å². The van der Waals surface area contributed by atoms with Crippen molar-refractivity contribution in [2.75, 3.05) is 0 Å². The standard InChI is InChI=1S/C6H3N3O7.2ClH.Pt/c10-6-4(8(13)14)1-3(7(11)12)2-5(6)9(15)16;;;/h1-2,10H;2*1H;/q;;;+2/p-2. The normalized spacial score (nSPS) is 9.37. The van der Waals surface area contributed by atoms with Crippen molar-refractivity contribution in [2.24, 2.45) is 0 Å². The second-order valence-electron chi connectivity index (χ2n) is 2.65. The molecule has 0 aromatic heterocycles. The second-order valence-corrected chi connectivity index (χ2v) is 5.93. The predicted molar refractivity (Wildman–Crippen MR) is 59.8 cm³/mol. The molecule has 0 saturated heterocycles. The number of phenols is 1. The SMILES string of the molecule is O=[N+]([O-])c1cc([N+](=O)[O-])c(O)c([N+](=O)[O-])c1.[Cl][Pt][Cl]. The van der Waals surface area contributed by atoms with Crippen LogP contribution >= 0.6 is 18.8 Å². The Kier molecular flexibility index (Phi) is 7.20. The molecule has 1 N–H and O–H groups in total. The number of hydrogen-bond acceptors (Lipinski definition) is 7. The van der Waals surface area contributed by atoms with Crippen LogP contribution in [0.2, 0.25) is 0 Å². The Morgan fingerprint density at radius 1 is 0.947 bits per heavy atom. The van der Waals surface area contributed by atoms with Crippen LogP contribution in [0.1, 0.15) is 0 Å². The Hall–Kier alpha value is -1.51. The number of nitro benzene ring substituents is 3. The molecule has 1 aromatic rings. The summed E-state index contributed by atoms with van der Waals surface area (Å²) in [5, 5.41) is 40.2. The number of nitro groups is 3. The number of hydrogen-bond donors (Lipinski definition) is 1. The van der Waals surface area contributed by atoms with Gasteiger partial charge in [-0.1, -0.05) is 0 Å². The topological polar surface area (TPSA) is 150 Å². The zero-order valence-corrected chi connectivity index (χ0v) is 12.2. The molecule has 19 heavy (non-hydrogen) atoms. The third-order valence-electron chi connectivity index (χ3n) is 1.66. The third kappa shape index (κ3) is 4.93. The van der Waals surface area contributed by atoms with Crippen molar-refractivity contribution in [3.8, 4) is 5.75 Å². The number of rotatable bonds is 3. The fourth-order valence-electron chi connectivity index (χ4n) is 0.974. The minimum absolute atomic E-state index is 0.447. The van der Waals surface area contributed by atoms with E-state index in [-0.39, 0.29) is 0 Å². The van der Waals surface area contributed by atoms with E-state index >= 15 is 0 Å². The van der Waals surface area contributed by atoms with Crippen molar-refractivity contribution in [1.82, 2.24) is 0 Å². The number of halogens is 2. The first-order valence-electron chi connectivity index (χ1n) is 3.88. The zero-order valence-electron chi connectivity index (χ0n) is 8.47. The number of phenolic OH excluding ortho intramolecular Hbond substituents is 1. The maximum atomic E-state index is 10.4. The molecule has 0 spiro atoms.